The Morgan fingerprint density at radius 3 is 2.63 bits per heavy atom. The van der Waals surface area contributed by atoms with Crippen LogP contribution in [-0.2, 0) is 10.7 Å². The predicted molar refractivity (Wildman–Crippen MR) is 97.7 cm³/mol. The van der Waals surface area contributed by atoms with Crippen molar-refractivity contribution in [2.45, 2.75) is 49.9 Å². The van der Waals surface area contributed by atoms with Crippen LogP contribution in [0.3, 0.4) is 0 Å². The molecule has 0 aliphatic heterocycles. The molecule has 1 aliphatic carbocycles. The minimum Gasteiger partial charge on any atom is -0.364 e. The van der Waals surface area contributed by atoms with Crippen LogP contribution in [0, 0.1) is 5.82 Å². The topological polar surface area (TPSA) is 75.7 Å². The number of hydrogen-bond donors (Lipinski definition) is 2. The third-order valence-corrected chi connectivity index (χ3v) is 5.15. The summed E-state index contributed by atoms with van der Waals surface area (Å²) in [7, 11) is 0. The van der Waals surface area contributed by atoms with Crippen LogP contribution in [0.4, 0.5) is 27.8 Å². The minimum atomic E-state index is -4.91. The van der Waals surface area contributed by atoms with Crippen LogP contribution in [0.15, 0.2) is 36.8 Å². The van der Waals surface area contributed by atoms with E-state index in [4.69, 9.17) is 0 Å². The summed E-state index contributed by atoms with van der Waals surface area (Å²) in [6.45, 7) is 0. The van der Waals surface area contributed by atoms with Crippen molar-refractivity contribution in [1.29, 1.82) is 0 Å². The van der Waals surface area contributed by atoms with Gasteiger partial charge in [-0.15, -0.1) is 0 Å². The van der Waals surface area contributed by atoms with E-state index in [9.17, 15) is 22.0 Å². The summed E-state index contributed by atoms with van der Waals surface area (Å²) in [5.74, 6) is -5.93. The van der Waals surface area contributed by atoms with Gasteiger partial charge in [0, 0.05) is 0 Å². The van der Waals surface area contributed by atoms with Crippen LogP contribution >= 0.6 is 0 Å². The highest BCUT2D eigenvalue weighted by molar-refractivity contribution is 5.85. The summed E-state index contributed by atoms with van der Waals surface area (Å²) in [4.78, 5) is 8.08. The van der Waals surface area contributed by atoms with E-state index in [1.165, 1.54) is 12.5 Å². The molecule has 1 aliphatic rings. The summed E-state index contributed by atoms with van der Waals surface area (Å²) in [5, 5.41) is 10.0. The molecule has 0 unspecified atom stereocenters. The van der Waals surface area contributed by atoms with Gasteiger partial charge in [0.2, 0.25) is 0 Å². The van der Waals surface area contributed by atoms with Gasteiger partial charge in [0.15, 0.2) is 5.65 Å². The number of nitrogens with zero attached hydrogens (tertiary/aromatic N) is 3. The molecule has 0 bridgehead atoms. The lowest BCUT2D eigenvalue weighted by Crippen LogP contribution is -2.49. The number of aromatic amines is 1. The van der Waals surface area contributed by atoms with E-state index in [2.05, 4.69) is 30.2 Å². The zero-order valence-corrected chi connectivity index (χ0v) is 15.6. The number of alkyl halides is 4. The Bertz CT molecular complexity index is 1030. The Kier molecular flexibility index (Phi) is 5.31. The van der Waals surface area contributed by atoms with Gasteiger partial charge in [-0.2, -0.15) is 22.7 Å². The first-order valence-corrected chi connectivity index (χ1v) is 9.38. The molecule has 2 heterocycles. The van der Waals surface area contributed by atoms with Crippen molar-refractivity contribution in [1.82, 2.24) is 20.2 Å². The van der Waals surface area contributed by atoms with Crippen molar-refractivity contribution < 1.29 is 26.7 Å². The van der Waals surface area contributed by atoms with Crippen LogP contribution in [0.1, 0.15) is 31.2 Å². The molecule has 1 fully saturated rings. The van der Waals surface area contributed by atoms with Gasteiger partial charge in [-0.3, -0.25) is 5.10 Å². The van der Waals surface area contributed by atoms with Gasteiger partial charge in [0.25, 0.3) is 0 Å². The van der Waals surface area contributed by atoms with Crippen molar-refractivity contribution in [2.75, 3.05) is 5.32 Å². The fraction of sp³-hybridized carbons (Fsp3) is 0.421. The lowest BCUT2D eigenvalue weighted by atomic mass is 9.92. The first kappa shape index (κ1) is 20.5. The monoisotopic (exact) mass is 427 g/mol. The maximum atomic E-state index is 14.6. The average molecular weight is 427 g/mol. The van der Waals surface area contributed by atoms with Crippen LogP contribution in [0.2, 0.25) is 0 Å². The molecule has 2 aromatic heterocycles. The number of fused-ring (bicyclic) bond motifs is 1. The van der Waals surface area contributed by atoms with Crippen molar-refractivity contribution in [3.63, 3.8) is 0 Å². The summed E-state index contributed by atoms with van der Waals surface area (Å²) < 4.78 is 76.5. The van der Waals surface area contributed by atoms with Crippen LogP contribution in [-0.4, -0.2) is 38.4 Å². The fourth-order valence-corrected chi connectivity index (χ4v) is 3.60. The molecular formula is C19H18F5N5O. The van der Waals surface area contributed by atoms with Gasteiger partial charge in [-0.1, -0.05) is 25.0 Å². The first-order valence-electron chi connectivity index (χ1n) is 9.38. The number of H-pyrrole nitrogens is 1. The summed E-state index contributed by atoms with van der Waals surface area (Å²) in [5.41, 5.74) is -0.969. The van der Waals surface area contributed by atoms with E-state index < -0.39 is 35.6 Å². The second kappa shape index (κ2) is 7.78. The third-order valence-electron chi connectivity index (χ3n) is 5.15. The van der Waals surface area contributed by atoms with Crippen molar-refractivity contribution >= 4 is 16.9 Å². The maximum absolute atomic E-state index is 14.6. The molecule has 6 nitrogen and oxygen atoms in total. The molecule has 1 saturated carbocycles. The molecule has 0 saturated heterocycles. The second-order valence-electron chi connectivity index (χ2n) is 7.12. The van der Waals surface area contributed by atoms with Gasteiger partial charge < -0.3 is 10.1 Å². The zero-order valence-electron chi connectivity index (χ0n) is 15.6. The zero-order chi connectivity index (χ0) is 21.4. The maximum Gasteiger partial charge on any atom is 0.424 e. The van der Waals surface area contributed by atoms with Crippen LogP contribution < -0.4 is 5.32 Å². The molecule has 0 spiro atoms. The Morgan fingerprint density at radius 2 is 1.83 bits per heavy atom. The number of aromatic nitrogens is 4. The van der Waals surface area contributed by atoms with Gasteiger partial charge in [-0.05, 0) is 25.0 Å². The standard InChI is InChI=1S/C19H18F5N5O/c20-13-6-2-1-5-12(13)18(21,22)19(23,24)30-15-8-4-3-7-14(15)28-16-11-9-27-29-17(11)26-10-25-16/h1-2,5-6,9-10,14-15H,3-4,7-8H2,(H2,25,26,27,28,29)/t14-,15-/m1/s1. The molecule has 0 radical (unpaired) electrons. The fourth-order valence-electron chi connectivity index (χ4n) is 3.60. The molecule has 1 aromatic carbocycles. The number of benzene rings is 1. The Morgan fingerprint density at radius 1 is 1.07 bits per heavy atom. The predicted octanol–water partition coefficient (Wildman–Crippen LogP) is 4.62. The van der Waals surface area contributed by atoms with E-state index in [-0.39, 0.29) is 6.42 Å². The van der Waals surface area contributed by atoms with E-state index in [0.29, 0.717) is 48.2 Å². The van der Waals surface area contributed by atoms with Crippen molar-refractivity contribution in [3.05, 3.63) is 48.2 Å². The van der Waals surface area contributed by atoms with E-state index in [1.807, 2.05) is 0 Å². The Labute approximate surface area is 167 Å². The van der Waals surface area contributed by atoms with Gasteiger partial charge in [-0.25, -0.2) is 14.4 Å². The van der Waals surface area contributed by atoms with Gasteiger partial charge in [0.1, 0.15) is 18.0 Å². The first-order chi connectivity index (χ1) is 14.3. The molecule has 30 heavy (non-hydrogen) atoms. The summed E-state index contributed by atoms with van der Waals surface area (Å²) in [6, 6.07) is 2.84. The second-order valence-corrected chi connectivity index (χ2v) is 7.12. The van der Waals surface area contributed by atoms with E-state index >= 15 is 0 Å². The number of nitrogens with one attached hydrogen (secondary N) is 2. The van der Waals surface area contributed by atoms with E-state index in [0.717, 1.165) is 12.1 Å². The normalized spacial score (nSPS) is 20.4. The lowest BCUT2D eigenvalue weighted by Gasteiger charge is -2.36. The van der Waals surface area contributed by atoms with Crippen LogP contribution in [0.25, 0.3) is 11.0 Å². The lowest BCUT2D eigenvalue weighted by molar-refractivity contribution is -0.371. The van der Waals surface area contributed by atoms with Crippen LogP contribution in [0.5, 0.6) is 0 Å². The van der Waals surface area contributed by atoms with E-state index in [1.54, 1.807) is 0 Å². The minimum absolute atomic E-state index is 0.139. The quantitative estimate of drug-likeness (QED) is 0.562. The molecular weight excluding hydrogens is 409 g/mol. The number of rotatable bonds is 6. The molecule has 2 N–H and O–H groups in total. The average Bonchev–Trinajstić information content (AvgIpc) is 3.19. The molecule has 11 heteroatoms. The highest BCUT2D eigenvalue weighted by Gasteiger charge is 2.61. The highest BCUT2D eigenvalue weighted by atomic mass is 19.3. The Hall–Kier alpha value is -2.82. The Balaban J connectivity index is 1.57. The van der Waals surface area contributed by atoms with Crippen molar-refractivity contribution in [3.8, 4) is 0 Å². The summed E-state index contributed by atoms with van der Waals surface area (Å²) in [6.07, 6.45) is -1.62. The van der Waals surface area contributed by atoms with Gasteiger partial charge in [0.05, 0.1) is 29.3 Å². The molecule has 0 amide bonds. The van der Waals surface area contributed by atoms with Crippen molar-refractivity contribution in [2.24, 2.45) is 0 Å². The smallest absolute Gasteiger partial charge is 0.364 e. The summed E-state index contributed by atoms with van der Waals surface area (Å²) >= 11 is 0. The highest BCUT2D eigenvalue weighted by Crippen LogP contribution is 2.46. The van der Waals surface area contributed by atoms with Gasteiger partial charge >= 0.3 is 12.0 Å². The molecule has 160 valence electrons. The molecule has 3 aromatic rings. The SMILES string of the molecule is Fc1ccccc1C(F)(F)C(F)(F)O[C@@H]1CCCC[C@H]1Nc1ncnc2[nH]ncc12. The molecule has 2 atom stereocenters. The molecule has 4 rings (SSSR count). The number of hydrogen-bond acceptors (Lipinski definition) is 5. The number of ether oxygens (including phenoxy) is 1. The number of halogens is 5. The largest absolute Gasteiger partial charge is 0.424 e. The third kappa shape index (κ3) is 3.69. The number of anilines is 1.